The predicted octanol–water partition coefficient (Wildman–Crippen LogP) is 4.88. The molecule has 0 fully saturated rings. The molecule has 5 nitrogen and oxygen atoms in total. The van der Waals surface area contributed by atoms with Crippen LogP contribution >= 0.6 is 34.7 Å². The molecule has 1 heterocycles. The molecule has 0 saturated carbocycles. The fraction of sp³-hybridized carbons (Fsp3) is 0.111. The topological polar surface area (TPSA) is 79.7 Å². The van der Waals surface area contributed by atoms with Gasteiger partial charge in [0.1, 0.15) is 11.5 Å². The molecule has 0 saturated heterocycles. The van der Waals surface area contributed by atoms with Crippen molar-refractivity contribution in [1.82, 2.24) is 4.37 Å². The van der Waals surface area contributed by atoms with Crippen LogP contribution in [0.2, 0.25) is 10.0 Å². The van der Waals surface area contributed by atoms with Gasteiger partial charge in [0, 0.05) is 28.2 Å². The van der Waals surface area contributed by atoms with Gasteiger partial charge in [-0.2, -0.15) is 0 Å². The van der Waals surface area contributed by atoms with E-state index >= 15 is 0 Å². The van der Waals surface area contributed by atoms with Crippen LogP contribution in [0.1, 0.15) is 11.1 Å². The zero-order valence-corrected chi connectivity index (χ0v) is 15.6. The van der Waals surface area contributed by atoms with Gasteiger partial charge in [-0.05, 0) is 53.0 Å². The van der Waals surface area contributed by atoms with Crippen molar-refractivity contribution >= 4 is 40.7 Å². The number of aromatic hydroxyl groups is 1. The first-order valence-corrected chi connectivity index (χ1v) is 9.02. The second-order valence-electron chi connectivity index (χ2n) is 5.45. The minimum Gasteiger partial charge on any atom is -0.507 e. The van der Waals surface area contributed by atoms with Gasteiger partial charge in [-0.25, -0.2) is 9.17 Å². The smallest absolute Gasteiger partial charge is 0.341 e. The maximum atomic E-state index is 10.6. The molecule has 0 unspecified atom stereocenters. The number of phenols is 1. The molecule has 0 atom stereocenters. The van der Waals surface area contributed by atoms with Gasteiger partial charge < -0.3 is 14.9 Å². The number of halogens is 2. The van der Waals surface area contributed by atoms with Gasteiger partial charge in [-0.3, -0.25) is 0 Å². The Hall–Kier alpha value is -2.28. The normalized spacial score (nSPS) is 10.7. The summed E-state index contributed by atoms with van der Waals surface area (Å²) in [5.41, 5.74) is 2.30. The van der Waals surface area contributed by atoms with Crippen molar-refractivity contribution < 1.29 is 19.7 Å². The van der Waals surface area contributed by atoms with Crippen LogP contribution in [-0.4, -0.2) is 27.2 Å². The van der Waals surface area contributed by atoms with Crippen LogP contribution in [0.25, 0.3) is 10.4 Å². The van der Waals surface area contributed by atoms with Crippen LogP contribution < -0.4 is 4.74 Å². The number of carboxylic acid groups (broad SMARTS) is 1. The third-order valence-corrected chi connectivity index (χ3v) is 5.08. The van der Waals surface area contributed by atoms with E-state index in [0.29, 0.717) is 33.3 Å². The summed E-state index contributed by atoms with van der Waals surface area (Å²) in [5.74, 6) is -0.615. The minimum absolute atomic E-state index is 0.174. The molecule has 1 aromatic heterocycles. The molecule has 0 amide bonds. The summed E-state index contributed by atoms with van der Waals surface area (Å²) in [6.45, 7) is -0.470. The lowest BCUT2D eigenvalue weighted by Crippen LogP contribution is -2.09. The van der Waals surface area contributed by atoms with E-state index in [1.54, 1.807) is 18.3 Å². The highest BCUT2D eigenvalue weighted by atomic mass is 35.5. The van der Waals surface area contributed by atoms with Gasteiger partial charge in [0.05, 0.1) is 4.88 Å². The zero-order valence-electron chi connectivity index (χ0n) is 13.3. The number of nitrogens with zero attached hydrogens (tertiary/aromatic N) is 1. The molecular formula is C18H13Cl2NO4S. The minimum atomic E-state index is -1.08. The first-order valence-electron chi connectivity index (χ1n) is 7.49. The van der Waals surface area contributed by atoms with E-state index in [2.05, 4.69) is 4.37 Å². The van der Waals surface area contributed by atoms with Crippen molar-refractivity contribution in [3.8, 4) is 21.9 Å². The summed E-state index contributed by atoms with van der Waals surface area (Å²) in [6, 6.07) is 10.2. The van der Waals surface area contributed by atoms with E-state index in [9.17, 15) is 9.90 Å². The molecule has 2 N–H and O–H groups in total. The second-order valence-corrected chi connectivity index (χ2v) is 7.10. The number of ether oxygens (including phenoxy) is 1. The molecule has 134 valence electrons. The molecular weight excluding hydrogens is 397 g/mol. The lowest BCUT2D eigenvalue weighted by molar-refractivity contribution is -0.139. The molecule has 3 rings (SSSR count). The highest BCUT2D eigenvalue weighted by Gasteiger charge is 2.13. The van der Waals surface area contributed by atoms with Gasteiger partial charge in [-0.1, -0.05) is 29.3 Å². The van der Waals surface area contributed by atoms with Gasteiger partial charge in [0.25, 0.3) is 0 Å². The quantitative estimate of drug-likeness (QED) is 0.606. The molecule has 0 radical (unpaired) electrons. The van der Waals surface area contributed by atoms with Crippen LogP contribution in [0.3, 0.4) is 0 Å². The fourth-order valence-corrected chi connectivity index (χ4v) is 3.65. The first kappa shape index (κ1) is 18.5. The number of rotatable bonds is 6. The van der Waals surface area contributed by atoms with Crippen molar-refractivity contribution in [1.29, 1.82) is 0 Å². The fourth-order valence-electron chi connectivity index (χ4n) is 2.43. The largest absolute Gasteiger partial charge is 0.507 e. The highest BCUT2D eigenvalue weighted by Crippen LogP contribution is 2.35. The maximum Gasteiger partial charge on any atom is 0.341 e. The number of aliphatic carboxylic acids is 1. The molecule has 0 aliphatic rings. The number of hydrogen-bond donors (Lipinski definition) is 2. The molecule has 8 heteroatoms. The molecule has 2 aromatic carbocycles. The second kappa shape index (κ2) is 7.95. The Morgan fingerprint density at radius 1 is 1.15 bits per heavy atom. The average Bonchev–Trinajstić information content (AvgIpc) is 3.12. The summed E-state index contributed by atoms with van der Waals surface area (Å²) in [7, 11) is 0. The summed E-state index contributed by atoms with van der Waals surface area (Å²) >= 11 is 13.9. The summed E-state index contributed by atoms with van der Waals surface area (Å²) in [5, 5.41) is 19.5. The van der Waals surface area contributed by atoms with Crippen molar-refractivity contribution in [3.05, 3.63) is 63.8 Å². The standard InChI is InChI=1S/C18H13Cl2NO4S/c19-14-7-11(25-9-18(23)24)8-15(20)12(14)5-10-1-2-16(22)13(6-10)17-3-4-21-26-17/h1-4,6-8,22H,5,9H2,(H,23,24). The number of carboxylic acids is 1. The third kappa shape index (κ3) is 4.27. The molecule has 0 aliphatic carbocycles. The zero-order chi connectivity index (χ0) is 18.7. The van der Waals surface area contributed by atoms with Gasteiger partial charge in [0.15, 0.2) is 6.61 Å². The first-order chi connectivity index (χ1) is 12.4. The van der Waals surface area contributed by atoms with Crippen LogP contribution in [0.15, 0.2) is 42.6 Å². The average molecular weight is 410 g/mol. The molecule has 3 aromatic rings. The Bertz CT molecular complexity index is 921. The Balaban J connectivity index is 1.87. The van der Waals surface area contributed by atoms with Crippen LogP contribution in [0.4, 0.5) is 0 Å². The van der Waals surface area contributed by atoms with Gasteiger partial charge in [0.2, 0.25) is 0 Å². The number of benzene rings is 2. The van der Waals surface area contributed by atoms with E-state index in [1.165, 1.54) is 23.7 Å². The summed E-state index contributed by atoms with van der Waals surface area (Å²) < 4.78 is 9.16. The van der Waals surface area contributed by atoms with Gasteiger partial charge in [-0.15, -0.1) is 0 Å². The van der Waals surface area contributed by atoms with E-state index in [4.69, 9.17) is 33.0 Å². The Morgan fingerprint density at radius 3 is 2.50 bits per heavy atom. The maximum absolute atomic E-state index is 10.6. The van der Waals surface area contributed by atoms with Crippen LogP contribution in [0, 0.1) is 0 Å². The number of hydrogen-bond acceptors (Lipinski definition) is 5. The lowest BCUT2D eigenvalue weighted by Gasteiger charge is -2.12. The van der Waals surface area contributed by atoms with E-state index in [-0.39, 0.29) is 5.75 Å². The molecule has 0 spiro atoms. The van der Waals surface area contributed by atoms with Crippen molar-refractivity contribution in [2.75, 3.05) is 6.61 Å². The number of aromatic nitrogens is 1. The Kier molecular flexibility index (Phi) is 5.66. The number of carbonyl (C=O) groups is 1. The summed E-state index contributed by atoms with van der Waals surface area (Å²) in [6.07, 6.45) is 2.12. The Morgan fingerprint density at radius 2 is 1.88 bits per heavy atom. The SMILES string of the molecule is O=C(O)COc1cc(Cl)c(Cc2ccc(O)c(-c3ccns3)c2)c(Cl)c1. The molecule has 26 heavy (non-hydrogen) atoms. The Labute approximate surface area is 163 Å². The summed E-state index contributed by atoms with van der Waals surface area (Å²) in [4.78, 5) is 11.5. The van der Waals surface area contributed by atoms with Crippen molar-refractivity contribution in [2.24, 2.45) is 0 Å². The van der Waals surface area contributed by atoms with E-state index in [0.717, 1.165) is 10.4 Å². The monoisotopic (exact) mass is 409 g/mol. The van der Waals surface area contributed by atoms with Gasteiger partial charge >= 0.3 is 5.97 Å². The highest BCUT2D eigenvalue weighted by molar-refractivity contribution is 7.09. The van der Waals surface area contributed by atoms with E-state index in [1.807, 2.05) is 12.1 Å². The van der Waals surface area contributed by atoms with Crippen molar-refractivity contribution in [2.45, 2.75) is 6.42 Å². The lowest BCUT2D eigenvalue weighted by atomic mass is 10.0. The van der Waals surface area contributed by atoms with Crippen LogP contribution in [-0.2, 0) is 11.2 Å². The van der Waals surface area contributed by atoms with E-state index < -0.39 is 12.6 Å². The number of phenolic OH excluding ortho intramolecular Hbond substituents is 1. The third-order valence-electron chi connectivity index (χ3n) is 3.62. The molecule has 0 bridgehead atoms. The van der Waals surface area contributed by atoms with Crippen molar-refractivity contribution in [3.63, 3.8) is 0 Å². The molecule has 0 aliphatic heterocycles. The van der Waals surface area contributed by atoms with Crippen LogP contribution in [0.5, 0.6) is 11.5 Å². The predicted molar refractivity (Wildman–Crippen MR) is 102 cm³/mol.